The monoisotopic (exact) mass is 249 g/mol. The number of nitro benzene ring substituents is 1. The summed E-state index contributed by atoms with van der Waals surface area (Å²) in [6, 6.07) is 1.45. The number of rotatable bonds is 1. The SMILES string of the molecule is O=[N+]([O-])c1c(Cl)c(Cl)cc2nsnc12. The minimum Gasteiger partial charge on any atom is -0.258 e. The van der Waals surface area contributed by atoms with E-state index in [0.717, 1.165) is 11.7 Å². The van der Waals surface area contributed by atoms with E-state index in [9.17, 15) is 10.1 Å². The molecule has 0 saturated carbocycles. The summed E-state index contributed by atoms with van der Waals surface area (Å²) in [5.74, 6) is 0. The zero-order valence-electron chi connectivity index (χ0n) is 6.40. The topological polar surface area (TPSA) is 68.9 Å². The normalized spacial score (nSPS) is 10.7. The van der Waals surface area contributed by atoms with E-state index < -0.39 is 4.92 Å². The third-order valence-corrected chi connectivity index (χ3v) is 2.92. The van der Waals surface area contributed by atoms with E-state index in [-0.39, 0.29) is 21.2 Å². The van der Waals surface area contributed by atoms with Gasteiger partial charge in [-0.15, -0.1) is 0 Å². The summed E-state index contributed by atoms with van der Waals surface area (Å²) in [4.78, 5) is 10.1. The first-order valence-corrected chi connectivity index (χ1v) is 4.84. The number of nitro groups is 1. The van der Waals surface area contributed by atoms with Crippen LogP contribution < -0.4 is 0 Å². The fourth-order valence-corrected chi connectivity index (χ4v) is 1.96. The highest BCUT2D eigenvalue weighted by molar-refractivity contribution is 7.00. The molecule has 0 amide bonds. The number of hydrogen-bond donors (Lipinski definition) is 0. The van der Waals surface area contributed by atoms with Gasteiger partial charge in [0, 0.05) is 0 Å². The summed E-state index contributed by atoms with van der Waals surface area (Å²) in [5, 5.41) is 10.7. The van der Waals surface area contributed by atoms with Crippen molar-refractivity contribution >= 4 is 51.7 Å². The highest BCUT2D eigenvalue weighted by atomic mass is 35.5. The lowest BCUT2D eigenvalue weighted by atomic mass is 10.2. The van der Waals surface area contributed by atoms with E-state index >= 15 is 0 Å². The molecule has 0 aliphatic rings. The van der Waals surface area contributed by atoms with Crippen LogP contribution in [0, 0.1) is 10.1 Å². The predicted octanol–water partition coefficient (Wildman–Crippen LogP) is 2.91. The minimum atomic E-state index is -0.613. The molecule has 0 aliphatic carbocycles. The molecule has 0 saturated heterocycles. The van der Waals surface area contributed by atoms with Crippen molar-refractivity contribution in [3.63, 3.8) is 0 Å². The van der Waals surface area contributed by atoms with Crippen molar-refractivity contribution in [3.05, 3.63) is 26.2 Å². The van der Waals surface area contributed by atoms with Gasteiger partial charge in [0.1, 0.15) is 10.5 Å². The molecule has 0 spiro atoms. The van der Waals surface area contributed by atoms with E-state index in [0.29, 0.717) is 5.52 Å². The molecule has 5 nitrogen and oxygen atoms in total. The van der Waals surface area contributed by atoms with Crippen LogP contribution in [-0.4, -0.2) is 13.7 Å². The molecule has 14 heavy (non-hydrogen) atoms. The van der Waals surface area contributed by atoms with Crippen molar-refractivity contribution in [2.75, 3.05) is 0 Å². The Bertz CT molecular complexity index is 527. The molecule has 0 aliphatic heterocycles. The third kappa shape index (κ3) is 1.31. The lowest BCUT2D eigenvalue weighted by Crippen LogP contribution is -1.91. The van der Waals surface area contributed by atoms with Crippen LogP contribution in [0.1, 0.15) is 0 Å². The van der Waals surface area contributed by atoms with Gasteiger partial charge >= 0.3 is 5.69 Å². The first-order valence-electron chi connectivity index (χ1n) is 3.36. The van der Waals surface area contributed by atoms with Crippen molar-refractivity contribution in [3.8, 4) is 0 Å². The minimum absolute atomic E-state index is 0.100. The molecule has 72 valence electrons. The molecular weight excluding hydrogens is 249 g/mol. The summed E-state index contributed by atoms with van der Waals surface area (Å²) < 4.78 is 7.63. The van der Waals surface area contributed by atoms with Gasteiger partial charge in [-0.3, -0.25) is 10.1 Å². The Morgan fingerprint density at radius 2 is 2.14 bits per heavy atom. The fourth-order valence-electron chi connectivity index (χ4n) is 1.02. The number of nitrogens with zero attached hydrogens (tertiary/aromatic N) is 3. The Morgan fingerprint density at radius 1 is 1.43 bits per heavy atom. The first kappa shape index (κ1) is 9.57. The van der Waals surface area contributed by atoms with Crippen LogP contribution in [0.15, 0.2) is 6.07 Å². The second-order valence-electron chi connectivity index (χ2n) is 2.41. The number of fused-ring (bicyclic) bond motifs is 1. The van der Waals surface area contributed by atoms with Gasteiger partial charge in [0.2, 0.25) is 0 Å². The van der Waals surface area contributed by atoms with Crippen molar-refractivity contribution in [1.82, 2.24) is 8.75 Å². The Balaban J connectivity index is 2.93. The molecule has 2 rings (SSSR count). The van der Waals surface area contributed by atoms with Gasteiger partial charge in [-0.2, -0.15) is 8.75 Å². The summed E-state index contributed by atoms with van der Waals surface area (Å²) in [7, 11) is 0. The fraction of sp³-hybridized carbons (Fsp3) is 0. The van der Waals surface area contributed by atoms with Crippen LogP contribution >= 0.6 is 34.9 Å². The number of halogens is 2. The third-order valence-electron chi connectivity index (χ3n) is 1.60. The van der Waals surface area contributed by atoms with Crippen LogP contribution in [0.4, 0.5) is 5.69 Å². The van der Waals surface area contributed by atoms with Gasteiger partial charge < -0.3 is 0 Å². The maximum absolute atomic E-state index is 10.7. The van der Waals surface area contributed by atoms with Crippen LogP contribution in [0.5, 0.6) is 0 Å². The molecule has 0 radical (unpaired) electrons. The van der Waals surface area contributed by atoms with Crippen LogP contribution in [0.25, 0.3) is 11.0 Å². The van der Waals surface area contributed by atoms with E-state index in [4.69, 9.17) is 23.2 Å². The summed E-state index contributed by atoms with van der Waals surface area (Å²) in [6.07, 6.45) is 0. The predicted molar refractivity (Wildman–Crippen MR) is 54.1 cm³/mol. The first-order chi connectivity index (χ1) is 6.61. The van der Waals surface area contributed by atoms with E-state index in [1.807, 2.05) is 0 Å². The van der Waals surface area contributed by atoms with Gasteiger partial charge in [0.15, 0.2) is 5.52 Å². The second-order valence-corrected chi connectivity index (χ2v) is 3.72. The molecule has 0 bridgehead atoms. The maximum atomic E-state index is 10.7. The largest absolute Gasteiger partial charge is 0.318 e. The van der Waals surface area contributed by atoms with Crippen LogP contribution in [-0.2, 0) is 0 Å². The Labute approximate surface area is 91.7 Å². The Morgan fingerprint density at radius 3 is 2.79 bits per heavy atom. The Hall–Kier alpha value is -0.980. The van der Waals surface area contributed by atoms with Crippen molar-refractivity contribution < 1.29 is 4.92 Å². The standard InChI is InChI=1S/C6HCl2N3O2S/c7-2-1-3-5(10-14-9-3)6(4(2)8)11(12)13/h1H. The molecule has 1 heterocycles. The van der Waals surface area contributed by atoms with Gasteiger partial charge in [-0.25, -0.2) is 0 Å². The highest BCUT2D eigenvalue weighted by Gasteiger charge is 2.23. The molecular formula is C6HCl2N3O2S. The quantitative estimate of drug-likeness (QED) is 0.576. The Kier molecular flexibility index (Phi) is 2.26. The average molecular weight is 250 g/mol. The molecule has 0 fully saturated rings. The summed E-state index contributed by atoms with van der Waals surface area (Å²) in [6.45, 7) is 0. The maximum Gasteiger partial charge on any atom is 0.318 e. The van der Waals surface area contributed by atoms with Crippen molar-refractivity contribution in [2.24, 2.45) is 0 Å². The lowest BCUT2D eigenvalue weighted by molar-refractivity contribution is -0.383. The van der Waals surface area contributed by atoms with E-state index in [1.165, 1.54) is 6.07 Å². The lowest BCUT2D eigenvalue weighted by Gasteiger charge is -1.97. The highest BCUT2D eigenvalue weighted by Crippen LogP contribution is 2.37. The van der Waals surface area contributed by atoms with Crippen LogP contribution in [0.2, 0.25) is 10.0 Å². The molecule has 8 heteroatoms. The molecule has 1 aromatic heterocycles. The number of benzene rings is 1. The number of aromatic nitrogens is 2. The second kappa shape index (κ2) is 3.30. The molecule has 0 atom stereocenters. The van der Waals surface area contributed by atoms with Gasteiger partial charge in [0.25, 0.3) is 0 Å². The molecule has 2 aromatic rings. The number of hydrogen-bond acceptors (Lipinski definition) is 5. The van der Waals surface area contributed by atoms with Crippen molar-refractivity contribution in [1.29, 1.82) is 0 Å². The smallest absolute Gasteiger partial charge is 0.258 e. The molecule has 0 unspecified atom stereocenters. The zero-order valence-corrected chi connectivity index (χ0v) is 8.73. The zero-order chi connectivity index (χ0) is 10.3. The van der Waals surface area contributed by atoms with Gasteiger partial charge in [0.05, 0.1) is 21.7 Å². The van der Waals surface area contributed by atoms with Crippen LogP contribution in [0.3, 0.4) is 0 Å². The van der Waals surface area contributed by atoms with Crippen molar-refractivity contribution in [2.45, 2.75) is 0 Å². The summed E-state index contributed by atoms with van der Waals surface area (Å²) in [5.41, 5.74) is 0.272. The average Bonchev–Trinajstić information content (AvgIpc) is 2.52. The van der Waals surface area contributed by atoms with E-state index in [1.54, 1.807) is 0 Å². The van der Waals surface area contributed by atoms with E-state index in [2.05, 4.69) is 8.75 Å². The van der Waals surface area contributed by atoms with Gasteiger partial charge in [-0.05, 0) is 6.07 Å². The summed E-state index contributed by atoms with van der Waals surface area (Å²) >= 11 is 12.3. The molecule has 1 aromatic carbocycles. The molecule has 0 N–H and O–H groups in total. The van der Waals surface area contributed by atoms with Gasteiger partial charge in [-0.1, -0.05) is 23.2 Å².